The third-order valence-corrected chi connectivity index (χ3v) is 11.2. The summed E-state index contributed by atoms with van der Waals surface area (Å²) in [5, 5.41) is 12.3. The van der Waals surface area contributed by atoms with Crippen LogP contribution in [0.25, 0.3) is 18.4 Å². The van der Waals surface area contributed by atoms with Crippen molar-refractivity contribution in [3.63, 3.8) is 0 Å². The van der Waals surface area contributed by atoms with Crippen molar-refractivity contribution in [1.29, 1.82) is 5.41 Å². The zero-order valence-electron chi connectivity index (χ0n) is 25.5. The maximum atomic E-state index is 8.39. The summed E-state index contributed by atoms with van der Waals surface area (Å²) in [5.41, 5.74) is 9.95. The molecule has 226 valence electrons. The quantitative estimate of drug-likeness (QED) is 0.122. The molecule has 1 aromatic carbocycles. The van der Waals surface area contributed by atoms with Gasteiger partial charge in [-0.3, -0.25) is 0 Å². The lowest BCUT2D eigenvalue weighted by Crippen LogP contribution is -2.39. The van der Waals surface area contributed by atoms with Gasteiger partial charge in [0.1, 0.15) is 0 Å². The zero-order valence-corrected chi connectivity index (χ0v) is 27.7. The first-order chi connectivity index (χ1) is 22.2. The van der Waals surface area contributed by atoms with E-state index in [-0.39, 0.29) is 6.04 Å². The first-order valence-electron chi connectivity index (χ1n) is 16.3. The molecule has 1 aromatic heterocycles. The molecule has 5 atom stereocenters. The van der Waals surface area contributed by atoms with Crippen LogP contribution in [0.1, 0.15) is 47.3 Å². The Morgan fingerprint density at radius 3 is 2.56 bits per heavy atom. The number of benzene rings is 1. The van der Waals surface area contributed by atoms with Gasteiger partial charge in [0, 0.05) is 33.1 Å². The van der Waals surface area contributed by atoms with Gasteiger partial charge in [0.15, 0.2) is 0 Å². The standard InChI is InChI=1S/C41H40IN3/c42-41-32(20-13-21-35(41)33-18-7-9-23-38(33)44-31-16-5-2-6-17-31)30-25-26-40-36(28-30)34-19-8-10-24-39(34)45(40)27-12-11-22-37(43)29-14-3-1-4-15-29/h1-5,7,9-16,18,20-27,30,32-33,38,41,43-44H,6,8,17,19,28H2/b22-11-,27-12+,43-37?. The number of fused-ring (bicyclic) bond motifs is 3. The number of nitrogens with zero attached hydrogens (tertiary/aromatic N) is 1. The molecule has 0 amide bonds. The zero-order chi connectivity index (χ0) is 30.6. The molecule has 7 rings (SSSR count). The summed E-state index contributed by atoms with van der Waals surface area (Å²) in [4.78, 5) is 0. The second-order valence-corrected chi connectivity index (χ2v) is 13.7. The van der Waals surface area contributed by atoms with Gasteiger partial charge >= 0.3 is 0 Å². The Labute approximate surface area is 281 Å². The van der Waals surface area contributed by atoms with Gasteiger partial charge < -0.3 is 15.3 Å². The molecule has 0 saturated heterocycles. The number of hydrogen-bond acceptors (Lipinski definition) is 2. The maximum absolute atomic E-state index is 8.39. The smallest absolute Gasteiger partial charge is 0.0612 e. The number of aromatic nitrogens is 1. The average molecular weight is 702 g/mol. The molecule has 5 aliphatic rings. The van der Waals surface area contributed by atoms with E-state index < -0.39 is 0 Å². The number of alkyl halides is 1. The first-order valence-corrected chi connectivity index (χ1v) is 17.5. The van der Waals surface area contributed by atoms with Crippen LogP contribution in [0.15, 0.2) is 133 Å². The van der Waals surface area contributed by atoms with Crippen LogP contribution in [-0.4, -0.2) is 20.2 Å². The monoisotopic (exact) mass is 701 g/mol. The maximum Gasteiger partial charge on any atom is 0.0612 e. The topological polar surface area (TPSA) is 40.8 Å². The third-order valence-electron chi connectivity index (χ3n) is 9.63. The molecule has 0 spiro atoms. The van der Waals surface area contributed by atoms with Gasteiger partial charge in [-0.25, -0.2) is 0 Å². The van der Waals surface area contributed by atoms with Crippen molar-refractivity contribution in [3.05, 3.63) is 161 Å². The van der Waals surface area contributed by atoms with E-state index in [1.54, 1.807) is 0 Å². The largest absolute Gasteiger partial charge is 0.381 e. The van der Waals surface area contributed by atoms with E-state index >= 15 is 0 Å². The summed E-state index contributed by atoms with van der Waals surface area (Å²) in [6.45, 7) is 0. The predicted octanol–water partition coefficient (Wildman–Crippen LogP) is 9.58. The van der Waals surface area contributed by atoms with Gasteiger partial charge in [-0.1, -0.05) is 126 Å². The van der Waals surface area contributed by atoms with Crippen molar-refractivity contribution in [2.45, 2.75) is 42.1 Å². The Bertz CT molecular complexity index is 1750. The molecule has 0 radical (unpaired) electrons. The van der Waals surface area contributed by atoms with Crippen molar-refractivity contribution in [2.24, 2.45) is 17.8 Å². The SMILES string of the molecule is N=C(/C=C\C=C\n1c2c(c3c1C=CC(C1C=CC=C(C4C=CC=CC4NC4=CC=CCC4)C1I)C3)CCC=C2)c1ccccc1. The molecule has 0 bridgehead atoms. The van der Waals surface area contributed by atoms with E-state index in [9.17, 15) is 0 Å². The lowest BCUT2D eigenvalue weighted by molar-refractivity contribution is 0.450. The van der Waals surface area contributed by atoms with E-state index in [2.05, 4.69) is 130 Å². The molecule has 5 aliphatic carbocycles. The Morgan fingerprint density at radius 2 is 1.69 bits per heavy atom. The molecule has 0 saturated carbocycles. The molecule has 3 nitrogen and oxygen atoms in total. The molecular formula is C41H40IN3. The third kappa shape index (κ3) is 6.30. The number of halogens is 1. The van der Waals surface area contributed by atoms with Gasteiger partial charge in [-0.2, -0.15) is 0 Å². The summed E-state index contributed by atoms with van der Waals surface area (Å²) in [6, 6.07) is 10.2. The highest BCUT2D eigenvalue weighted by molar-refractivity contribution is 14.1. The Balaban J connectivity index is 1.10. The highest BCUT2D eigenvalue weighted by Crippen LogP contribution is 2.43. The van der Waals surface area contributed by atoms with Crippen LogP contribution in [0, 0.1) is 23.2 Å². The van der Waals surface area contributed by atoms with E-state index in [0.29, 0.717) is 27.4 Å². The summed E-state index contributed by atoms with van der Waals surface area (Å²) >= 11 is 2.73. The lowest BCUT2D eigenvalue weighted by Gasteiger charge is -2.37. The van der Waals surface area contributed by atoms with Crippen molar-refractivity contribution in [2.75, 3.05) is 0 Å². The molecular weight excluding hydrogens is 661 g/mol. The fourth-order valence-corrected chi connectivity index (χ4v) is 8.72. The summed E-state index contributed by atoms with van der Waals surface area (Å²) < 4.78 is 2.79. The van der Waals surface area contributed by atoms with E-state index in [4.69, 9.17) is 5.41 Å². The minimum absolute atomic E-state index is 0.280. The van der Waals surface area contributed by atoms with Crippen molar-refractivity contribution in [3.8, 4) is 0 Å². The number of nitrogens with one attached hydrogen (secondary N) is 2. The van der Waals surface area contributed by atoms with Gasteiger partial charge in [-0.05, 0) is 96.6 Å². The lowest BCUT2D eigenvalue weighted by atomic mass is 9.73. The van der Waals surface area contributed by atoms with Gasteiger partial charge in [0.2, 0.25) is 0 Å². The summed E-state index contributed by atoms with van der Waals surface area (Å²) in [5.74, 6) is 1.26. The van der Waals surface area contributed by atoms with Crippen molar-refractivity contribution >= 4 is 46.7 Å². The van der Waals surface area contributed by atoms with Gasteiger partial charge in [0.05, 0.1) is 11.8 Å². The molecule has 4 heteroatoms. The Kier molecular flexibility index (Phi) is 9.01. The Morgan fingerprint density at radius 1 is 0.844 bits per heavy atom. The van der Waals surface area contributed by atoms with Crippen LogP contribution in [0.4, 0.5) is 0 Å². The fraction of sp³-hybridized carbons (Fsp3) is 0.244. The van der Waals surface area contributed by atoms with Gasteiger partial charge in [0.25, 0.3) is 0 Å². The minimum atomic E-state index is 0.280. The minimum Gasteiger partial charge on any atom is -0.381 e. The van der Waals surface area contributed by atoms with Crippen LogP contribution < -0.4 is 5.32 Å². The molecule has 45 heavy (non-hydrogen) atoms. The second kappa shape index (κ2) is 13.6. The van der Waals surface area contributed by atoms with Crippen LogP contribution >= 0.6 is 22.6 Å². The van der Waals surface area contributed by atoms with Crippen LogP contribution in [0.3, 0.4) is 0 Å². The van der Waals surface area contributed by atoms with Crippen molar-refractivity contribution < 1.29 is 0 Å². The molecule has 1 heterocycles. The van der Waals surface area contributed by atoms with Crippen molar-refractivity contribution in [1.82, 2.24) is 9.88 Å². The highest BCUT2D eigenvalue weighted by atomic mass is 127. The number of allylic oxidation sites excluding steroid dienone is 14. The molecule has 0 fully saturated rings. The number of hydrogen-bond donors (Lipinski definition) is 2. The predicted molar refractivity (Wildman–Crippen MR) is 199 cm³/mol. The molecule has 5 unspecified atom stereocenters. The fourth-order valence-electron chi connectivity index (χ4n) is 7.33. The van der Waals surface area contributed by atoms with E-state index in [0.717, 1.165) is 37.7 Å². The van der Waals surface area contributed by atoms with Crippen LogP contribution in [0.2, 0.25) is 0 Å². The highest BCUT2D eigenvalue weighted by Gasteiger charge is 2.36. The van der Waals surface area contributed by atoms with Crippen LogP contribution in [-0.2, 0) is 12.8 Å². The average Bonchev–Trinajstić information content (AvgIpc) is 3.40. The summed E-state index contributed by atoms with van der Waals surface area (Å²) in [6.07, 6.45) is 46.0. The van der Waals surface area contributed by atoms with Crippen LogP contribution in [0.5, 0.6) is 0 Å². The summed E-state index contributed by atoms with van der Waals surface area (Å²) in [7, 11) is 0. The Hall–Kier alpha value is -3.90. The first kappa shape index (κ1) is 29.8. The molecule has 2 N–H and O–H groups in total. The van der Waals surface area contributed by atoms with E-state index in [1.807, 2.05) is 42.5 Å². The second-order valence-electron chi connectivity index (χ2n) is 12.4. The normalized spacial score (nSPS) is 26.6. The number of rotatable bonds is 8. The van der Waals surface area contributed by atoms with E-state index in [1.165, 1.54) is 33.8 Å². The van der Waals surface area contributed by atoms with Gasteiger partial charge in [-0.15, -0.1) is 0 Å². The molecule has 0 aliphatic heterocycles. The molecule has 2 aromatic rings.